The first kappa shape index (κ1) is 13.3. The van der Waals surface area contributed by atoms with Crippen LogP contribution in [0, 0.1) is 0 Å². The summed E-state index contributed by atoms with van der Waals surface area (Å²) in [5, 5.41) is 16.4. The van der Waals surface area contributed by atoms with E-state index < -0.39 is 5.60 Å². The van der Waals surface area contributed by atoms with Crippen molar-refractivity contribution >= 4 is 5.91 Å². The fraction of sp³-hybridized carbons (Fsp3) is 0.286. The molecule has 2 N–H and O–H groups in total. The Labute approximate surface area is 111 Å². The summed E-state index contributed by atoms with van der Waals surface area (Å²) in [4.78, 5) is 11.9. The van der Waals surface area contributed by atoms with Crippen molar-refractivity contribution in [1.82, 2.24) is 15.1 Å². The molecule has 1 aromatic carbocycles. The molecule has 1 aromatic heterocycles. The van der Waals surface area contributed by atoms with Gasteiger partial charge in [0.1, 0.15) is 0 Å². The predicted molar refractivity (Wildman–Crippen MR) is 72.2 cm³/mol. The largest absolute Gasteiger partial charge is 0.389 e. The number of hydrogen-bond donors (Lipinski definition) is 2. The predicted octanol–water partition coefficient (Wildman–Crippen LogP) is 1.37. The molecule has 5 heteroatoms. The Bertz CT molecular complexity index is 556. The third kappa shape index (κ3) is 3.66. The van der Waals surface area contributed by atoms with E-state index >= 15 is 0 Å². The van der Waals surface area contributed by atoms with Gasteiger partial charge in [0.2, 0.25) is 0 Å². The number of carbonyl (C=O) groups excluding carboxylic acids is 1. The first-order valence-electron chi connectivity index (χ1n) is 6.06. The Balaban J connectivity index is 2.07. The van der Waals surface area contributed by atoms with Crippen LogP contribution in [0.5, 0.6) is 0 Å². The van der Waals surface area contributed by atoms with Gasteiger partial charge in [-0.3, -0.25) is 4.79 Å². The third-order valence-electron chi connectivity index (χ3n) is 2.55. The summed E-state index contributed by atoms with van der Waals surface area (Å²) in [7, 11) is 0. The lowest BCUT2D eigenvalue weighted by atomic mass is 10.1. The van der Waals surface area contributed by atoms with Crippen LogP contribution in [0.25, 0.3) is 5.69 Å². The number of rotatable bonds is 4. The standard InChI is InChI=1S/C14H17N3O2/c1-14(2,19)10-15-13(18)11-8-16-17(9-11)12-6-4-3-5-7-12/h3-9,19H,10H2,1-2H3,(H,15,18). The Morgan fingerprint density at radius 2 is 2.05 bits per heavy atom. The monoisotopic (exact) mass is 259 g/mol. The number of nitrogens with one attached hydrogen (secondary N) is 1. The highest BCUT2D eigenvalue weighted by Crippen LogP contribution is 2.08. The second-order valence-electron chi connectivity index (χ2n) is 5.00. The maximum atomic E-state index is 11.9. The molecule has 0 aliphatic heterocycles. The molecule has 0 spiro atoms. The average molecular weight is 259 g/mol. The van der Waals surface area contributed by atoms with Gasteiger partial charge in [-0.25, -0.2) is 4.68 Å². The normalized spacial score (nSPS) is 11.3. The van der Waals surface area contributed by atoms with Crippen LogP contribution in [-0.2, 0) is 0 Å². The molecule has 0 aliphatic rings. The lowest BCUT2D eigenvalue weighted by Crippen LogP contribution is -2.38. The van der Waals surface area contributed by atoms with E-state index in [0.717, 1.165) is 5.69 Å². The molecule has 1 amide bonds. The number of carbonyl (C=O) groups is 1. The smallest absolute Gasteiger partial charge is 0.254 e. The van der Waals surface area contributed by atoms with Crippen molar-refractivity contribution in [2.24, 2.45) is 0 Å². The van der Waals surface area contributed by atoms with Crippen LogP contribution in [0.4, 0.5) is 0 Å². The molecule has 0 unspecified atom stereocenters. The zero-order chi connectivity index (χ0) is 13.9. The highest BCUT2D eigenvalue weighted by molar-refractivity contribution is 5.93. The lowest BCUT2D eigenvalue weighted by molar-refractivity contribution is 0.0694. The van der Waals surface area contributed by atoms with Crippen molar-refractivity contribution in [3.63, 3.8) is 0 Å². The molecular formula is C14H17N3O2. The van der Waals surface area contributed by atoms with E-state index in [-0.39, 0.29) is 12.5 Å². The summed E-state index contributed by atoms with van der Waals surface area (Å²) in [6, 6.07) is 9.55. The van der Waals surface area contributed by atoms with Gasteiger partial charge in [-0.15, -0.1) is 0 Å². The number of nitrogens with zero attached hydrogens (tertiary/aromatic N) is 2. The highest BCUT2D eigenvalue weighted by atomic mass is 16.3. The number of para-hydroxylation sites is 1. The van der Waals surface area contributed by atoms with Crippen molar-refractivity contribution in [3.05, 3.63) is 48.3 Å². The van der Waals surface area contributed by atoms with Gasteiger partial charge in [0.15, 0.2) is 0 Å². The maximum absolute atomic E-state index is 11.9. The number of aliphatic hydroxyl groups is 1. The molecule has 1 heterocycles. The summed E-state index contributed by atoms with van der Waals surface area (Å²) in [5.74, 6) is -0.246. The van der Waals surface area contributed by atoms with Crippen molar-refractivity contribution in [1.29, 1.82) is 0 Å². The minimum Gasteiger partial charge on any atom is -0.389 e. The fourth-order valence-corrected chi connectivity index (χ4v) is 1.56. The van der Waals surface area contributed by atoms with Crippen molar-refractivity contribution in [2.45, 2.75) is 19.4 Å². The van der Waals surface area contributed by atoms with E-state index in [2.05, 4.69) is 10.4 Å². The number of amides is 1. The Kier molecular flexibility index (Phi) is 3.66. The van der Waals surface area contributed by atoms with Crippen LogP contribution in [0.2, 0.25) is 0 Å². The molecule has 0 fully saturated rings. The molecule has 100 valence electrons. The number of hydrogen-bond acceptors (Lipinski definition) is 3. The summed E-state index contributed by atoms with van der Waals surface area (Å²) in [5.41, 5.74) is 0.433. The van der Waals surface area contributed by atoms with E-state index in [1.54, 1.807) is 24.7 Å². The van der Waals surface area contributed by atoms with Crippen LogP contribution in [0.15, 0.2) is 42.7 Å². The molecular weight excluding hydrogens is 242 g/mol. The quantitative estimate of drug-likeness (QED) is 0.871. The van der Waals surface area contributed by atoms with Crippen molar-refractivity contribution in [3.8, 4) is 5.69 Å². The van der Waals surface area contributed by atoms with Crippen molar-refractivity contribution in [2.75, 3.05) is 6.54 Å². The molecule has 2 aromatic rings. The second kappa shape index (κ2) is 5.24. The zero-order valence-corrected chi connectivity index (χ0v) is 11.0. The molecule has 0 saturated heterocycles. The Morgan fingerprint density at radius 3 is 2.68 bits per heavy atom. The summed E-state index contributed by atoms with van der Waals surface area (Å²) in [6.07, 6.45) is 3.17. The SMILES string of the molecule is CC(C)(O)CNC(=O)c1cnn(-c2ccccc2)c1. The lowest BCUT2D eigenvalue weighted by Gasteiger charge is -2.17. The number of benzene rings is 1. The first-order chi connectivity index (χ1) is 8.96. The van der Waals surface area contributed by atoms with Gasteiger partial charge in [-0.1, -0.05) is 18.2 Å². The topological polar surface area (TPSA) is 67.2 Å². The van der Waals surface area contributed by atoms with Gasteiger partial charge in [-0.2, -0.15) is 5.10 Å². The first-order valence-corrected chi connectivity index (χ1v) is 6.06. The molecule has 2 rings (SSSR count). The second-order valence-corrected chi connectivity index (χ2v) is 5.00. The maximum Gasteiger partial charge on any atom is 0.254 e. The van der Waals surface area contributed by atoms with Gasteiger partial charge in [0.05, 0.1) is 23.0 Å². The van der Waals surface area contributed by atoms with Gasteiger partial charge < -0.3 is 10.4 Å². The van der Waals surface area contributed by atoms with E-state index in [4.69, 9.17) is 0 Å². The van der Waals surface area contributed by atoms with Gasteiger partial charge in [0, 0.05) is 12.7 Å². The van der Waals surface area contributed by atoms with E-state index in [0.29, 0.717) is 5.56 Å². The summed E-state index contributed by atoms with van der Waals surface area (Å²) < 4.78 is 1.64. The zero-order valence-electron chi connectivity index (χ0n) is 11.0. The van der Waals surface area contributed by atoms with Crippen LogP contribution in [0.1, 0.15) is 24.2 Å². The van der Waals surface area contributed by atoms with Crippen LogP contribution in [-0.4, -0.2) is 32.9 Å². The van der Waals surface area contributed by atoms with Crippen LogP contribution >= 0.6 is 0 Å². The van der Waals surface area contributed by atoms with Gasteiger partial charge in [-0.05, 0) is 26.0 Å². The van der Waals surface area contributed by atoms with Gasteiger partial charge >= 0.3 is 0 Å². The molecule has 0 atom stereocenters. The molecule has 0 saturated carbocycles. The molecule has 19 heavy (non-hydrogen) atoms. The fourth-order valence-electron chi connectivity index (χ4n) is 1.56. The number of aromatic nitrogens is 2. The van der Waals surface area contributed by atoms with Crippen LogP contribution in [0.3, 0.4) is 0 Å². The summed E-state index contributed by atoms with van der Waals surface area (Å²) in [6.45, 7) is 3.48. The molecule has 0 aliphatic carbocycles. The van der Waals surface area contributed by atoms with E-state index in [1.807, 2.05) is 30.3 Å². The van der Waals surface area contributed by atoms with E-state index in [1.165, 1.54) is 6.20 Å². The Hall–Kier alpha value is -2.14. The summed E-state index contributed by atoms with van der Waals surface area (Å²) >= 11 is 0. The third-order valence-corrected chi connectivity index (χ3v) is 2.55. The average Bonchev–Trinajstić information content (AvgIpc) is 2.86. The molecule has 5 nitrogen and oxygen atoms in total. The Morgan fingerprint density at radius 1 is 1.37 bits per heavy atom. The van der Waals surface area contributed by atoms with Crippen LogP contribution < -0.4 is 5.32 Å². The van der Waals surface area contributed by atoms with E-state index in [9.17, 15) is 9.90 Å². The highest BCUT2D eigenvalue weighted by Gasteiger charge is 2.15. The molecule has 0 radical (unpaired) electrons. The van der Waals surface area contributed by atoms with Gasteiger partial charge in [0.25, 0.3) is 5.91 Å². The van der Waals surface area contributed by atoms with Crippen molar-refractivity contribution < 1.29 is 9.90 Å². The minimum absolute atomic E-state index is 0.197. The minimum atomic E-state index is -0.926. The molecule has 0 bridgehead atoms.